The lowest BCUT2D eigenvalue weighted by Crippen LogP contribution is -2.49. The lowest BCUT2D eigenvalue weighted by atomic mass is 10.1. The summed E-state index contributed by atoms with van der Waals surface area (Å²) in [6, 6.07) is 11.2. The molecule has 3 nitrogen and oxygen atoms in total. The number of para-hydroxylation sites is 1. The van der Waals surface area contributed by atoms with Crippen LogP contribution in [0.3, 0.4) is 0 Å². The van der Waals surface area contributed by atoms with Crippen LogP contribution in [0.1, 0.15) is 12.5 Å². The zero-order valence-electron chi connectivity index (χ0n) is 10.8. The van der Waals surface area contributed by atoms with Gasteiger partial charge >= 0.3 is 0 Å². The summed E-state index contributed by atoms with van der Waals surface area (Å²) in [5.74, 6) is 0. The van der Waals surface area contributed by atoms with Crippen LogP contribution in [0, 0.1) is 0 Å². The monoisotopic (exact) mass is 241 g/mol. The molecule has 1 N–H and O–H groups in total. The summed E-state index contributed by atoms with van der Waals surface area (Å²) in [5.41, 5.74) is 2.39. The number of hydrogen-bond donors (Lipinski definition) is 1. The summed E-state index contributed by atoms with van der Waals surface area (Å²) >= 11 is 0. The summed E-state index contributed by atoms with van der Waals surface area (Å²) in [4.78, 5) is 7.05. The van der Waals surface area contributed by atoms with Crippen LogP contribution in [0.25, 0.3) is 10.9 Å². The second-order valence-corrected chi connectivity index (χ2v) is 5.06. The summed E-state index contributed by atoms with van der Waals surface area (Å²) in [6.07, 6.45) is 2.01. The number of benzene rings is 1. The number of pyridine rings is 1. The number of fused-ring (bicyclic) bond motifs is 1. The molecule has 0 spiro atoms. The Kier molecular flexibility index (Phi) is 3.26. The lowest BCUT2D eigenvalue weighted by Gasteiger charge is -2.33. The van der Waals surface area contributed by atoms with Gasteiger partial charge in [0.2, 0.25) is 0 Å². The Balaban J connectivity index is 1.81. The van der Waals surface area contributed by atoms with Crippen LogP contribution in [-0.4, -0.2) is 35.6 Å². The maximum atomic E-state index is 4.53. The average Bonchev–Trinajstić information content (AvgIpc) is 2.41. The Morgan fingerprint density at radius 1 is 1.39 bits per heavy atom. The van der Waals surface area contributed by atoms with Crippen molar-refractivity contribution in [1.82, 2.24) is 15.2 Å². The van der Waals surface area contributed by atoms with Gasteiger partial charge in [-0.1, -0.05) is 18.2 Å². The molecular weight excluding hydrogens is 222 g/mol. The standard InChI is InChI=1S/C15H19N3/c1-12-9-16-6-7-18(12)11-13-8-14-4-2-3-5-15(14)17-10-13/h2-5,8,10,12,16H,6-7,9,11H2,1H3/t12-/m1/s1. The maximum Gasteiger partial charge on any atom is 0.0702 e. The van der Waals surface area contributed by atoms with Gasteiger partial charge in [0.15, 0.2) is 0 Å². The topological polar surface area (TPSA) is 28.2 Å². The number of aromatic nitrogens is 1. The van der Waals surface area contributed by atoms with E-state index >= 15 is 0 Å². The summed E-state index contributed by atoms with van der Waals surface area (Å²) in [7, 11) is 0. The Hall–Kier alpha value is -1.45. The quantitative estimate of drug-likeness (QED) is 0.872. The van der Waals surface area contributed by atoms with E-state index in [9.17, 15) is 0 Å². The second kappa shape index (κ2) is 5.04. The van der Waals surface area contributed by atoms with Gasteiger partial charge in [0.1, 0.15) is 0 Å². The molecule has 0 saturated carbocycles. The third kappa shape index (κ3) is 2.37. The van der Waals surface area contributed by atoms with Crippen LogP contribution < -0.4 is 5.32 Å². The van der Waals surface area contributed by atoms with Gasteiger partial charge in [-0.3, -0.25) is 9.88 Å². The van der Waals surface area contributed by atoms with Crippen molar-refractivity contribution in [3.8, 4) is 0 Å². The number of hydrogen-bond acceptors (Lipinski definition) is 3. The van der Waals surface area contributed by atoms with Crippen molar-refractivity contribution in [3.05, 3.63) is 42.1 Å². The molecule has 0 amide bonds. The minimum atomic E-state index is 0.602. The first-order valence-corrected chi connectivity index (χ1v) is 6.61. The van der Waals surface area contributed by atoms with Crippen LogP contribution in [0.15, 0.2) is 36.5 Å². The Labute approximate surface area is 108 Å². The van der Waals surface area contributed by atoms with Gasteiger partial charge in [-0.15, -0.1) is 0 Å². The summed E-state index contributed by atoms with van der Waals surface area (Å²) in [5, 5.41) is 4.66. The van der Waals surface area contributed by atoms with E-state index in [1.165, 1.54) is 10.9 Å². The van der Waals surface area contributed by atoms with Crippen LogP contribution >= 0.6 is 0 Å². The van der Waals surface area contributed by atoms with E-state index in [-0.39, 0.29) is 0 Å². The highest BCUT2D eigenvalue weighted by Crippen LogP contribution is 2.15. The molecule has 0 bridgehead atoms. The van der Waals surface area contributed by atoms with Crippen molar-refractivity contribution >= 4 is 10.9 Å². The van der Waals surface area contributed by atoms with E-state index in [4.69, 9.17) is 0 Å². The van der Waals surface area contributed by atoms with Gasteiger partial charge in [0.25, 0.3) is 0 Å². The summed E-state index contributed by atoms with van der Waals surface area (Å²) < 4.78 is 0. The number of piperazine rings is 1. The molecular formula is C15H19N3. The molecule has 1 aliphatic rings. The van der Waals surface area contributed by atoms with Crippen LogP contribution in [0.2, 0.25) is 0 Å². The normalized spacial score (nSPS) is 21.3. The first kappa shape index (κ1) is 11.6. The van der Waals surface area contributed by atoms with Gasteiger partial charge in [0.05, 0.1) is 5.52 Å². The van der Waals surface area contributed by atoms with E-state index < -0.39 is 0 Å². The van der Waals surface area contributed by atoms with E-state index in [1.54, 1.807) is 0 Å². The molecule has 2 heterocycles. The predicted octanol–water partition coefficient (Wildman–Crippen LogP) is 2.03. The Bertz CT molecular complexity index is 538. The van der Waals surface area contributed by atoms with Gasteiger partial charge in [-0.2, -0.15) is 0 Å². The van der Waals surface area contributed by atoms with E-state index in [0.29, 0.717) is 6.04 Å². The molecule has 1 fully saturated rings. The molecule has 0 aliphatic carbocycles. The third-order valence-electron chi connectivity index (χ3n) is 3.67. The largest absolute Gasteiger partial charge is 0.314 e. The molecule has 3 rings (SSSR count). The van der Waals surface area contributed by atoms with Crippen molar-refractivity contribution < 1.29 is 0 Å². The van der Waals surface area contributed by atoms with Crippen molar-refractivity contribution in [2.75, 3.05) is 19.6 Å². The van der Waals surface area contributed by atoms with Crippen molar-refractivity contribution in [3.63, 3.8) is 0 Å². The zero-order chi connectivity index (χ0) is 12.4. The third-order valence-corrected chi connectivity index (χ3v) is 3.67. The van der Waals surface area contributed by atoms with Crippen molar-refractivity contribution in [2.24, 2.45) is 0 Å². The van der Waals surface area contributed by atoms with Gasteiger partial charge in [0, 0.05) is 43.8 Å². The molecule has 1 aromatic carbocycles. The molecule has 0 radical (unpaired) electrons. The fourth-order valence-electron chi connectivity index (χ4n) is 2.56. The Morgan fingerprint density at radius 3 is 3.17 bits per heavy atom. The minimum Gasteiger partial charge on any atom is -0.314 e. The molecule has 1 saturated heterocycles. The zero-order valence-corrected chi connectivity index (χ0v) is 10.8. The molecule has 94 valence electrons. The molecule has 2 aromatic rings. The van der Waals surface area contributed by atoms with Gasteiger partial charge < -0.3 is 5.32 Å². The highest BCUT2D eigenvalue weighted by atomic mass is 15.2. The van der Waals surface area contributed by atoms with Crippen molar-refractivity contribution in [1.29, 1.82) is 0 Å². The number of nitrogens with one attached hydrogen (secondary N) is 1. The molecule has 1 aromatic heterocycles. The fourth-order valence-corrected chi connectivity index (χ4v) is 2.56. The fraction of sp³-hybridized carbons (Fsp3) is 0.400. The first-order chi connectivity index (χ1) is 8.83. The molecule has 1 aliphatic heterocycles. The summed E-state index contributed by atoms with van der Waals surface area (Å²) in [6.45, 7) is 6.57. The van der Waals surface area contributed by atoms with Crippen LogP contribution in [-0.2, 0) is 6.54 Å². The highest BCUT2D eigenvalue weighted by molar-refractivity contribution is 5.78. The predicted molar refractivity (Wildman–Crippen MR) is 74.5 cm³/mol. The van der Waals surface area contributed by atoms with Crippen molar-refractivity contribution in [2.45, 2.75) is 19.5 Å². The second-order valence-electron chi connectivity index (χ2n) is 5.06. The Morgan fingerprint density at radius 2 is 2.28 bits per heavy atom. The number of rotatable bonds is 2. The first-order valence-electron chi connectivity index (χ1n) is 6.61. The highest BCUT2D eigenvalue weighted by Gasteiger charge is 2.17. The van der Waals surface area contributed by atoms with Crippen LogP contribution in [0.4, 0.5) is 0 Å². The van der Waals surface area contributed by atoms with E-state index in [2.05, 4.69) is 46.4 Å². The average molecular weight is 241 g/mol. The molecule has 18 heavy (non-hydrogen) atoms. The molecule has 3 heteroatoms. The molecule has 1 atom stereocenters. The number of nitrogens with zero attached hydrogens (tertiary/aromatic N) is 2. The van der Waals surface area contributed by atoms with E-state index in [1.807, 2.05) is 12.3 Å². The minimum absolute atomic E-state index is 0.602. The van der Waals surface area contributed by atoms with Gasteiger partial charge in [-0.25, -0.2) is 0 Å². The van der Waals surface area contributed by atoms with E-state index in [0.717, 1.165) is 31.7 Å². The maximum absolute atomic E-state index is 4.53. The smallest absolute Gasteiger partial charge is 0.0702 e. The SMILES string of the molecule is C[C@@H]1CNCCN1Cc1cnc2ccccc2c1. The molecule has 0 unspecified atom stereocenters. The van der Waals surface area contributed by atoms with Gasteiger partial charge in [-0.05, 0) is 24.6 Å². The lowest BCUT2D eigenvalue weighted by molar-refractivity contribution is 0.165. The van der Waals surface area contributed by atoms with Crippen LogP contribution in [0.5, 0.6) is 0 Å².